The molecule has 0 radical (unpaired) electrons. The highest BCUT2D eigenvalue weighted by molar-refractivity contribution is 6.05. The number of H-pyrrole nitrogens is 1. The highest BCUT2D eigenvalue weighted by Gasteiger charge is 2.30. The van der Waals surface area contributed by atoms with Crippen molar-refractivity contribution < 1.29 is 18.0 Å². The van der Waals surface area contributed by atoms with Crippen molar-refractivity contribution in [1.82, 2.24) is 4.98 Å². The number of carbonyl (C=O) groups is 1. The minimum absolute atomic E-state index is 0.0195. The molecule has 1 amide bonds. The molecule has 134 valence electrons. The average Bonchev–Trinajstić information content (AvgIpc) is 2.52. The van der Waals surface area contributed by atoms with Crippen molar-refractivity contribution in [3.8, 4) is 0 Å². The highest BCUT2D eigenvalue weighted by atomic mass is 19.4. The normalized spacial score (nSPS) is 11.6. The predicted octanol–water partition coefficient (Wildman–Crippen LogP) is 4.42. The van der Waals surface area contributed by atoms with Crippen LogP contribution in [0, 0.1) is 13.8 Å². The molecule has 7 heteroatoms. The van der Waals surface area contributed by atoms with Crippen LogP contribution in [-0.4, -0.2) is 10.9 Å². The molecule has 3 rings (SSSR count). The number of aryl methyl sites for hydroxylation is 2. The first-order chi connectivity index (χ1) is 12.1. The average molecular weight is 360 g/mol. The smallest absolute Gasteiger partial charge is 0.360 e. The Morgan fingerprint density at radius 1 is 1.04 bits per heavy atom. The summed E-state index contributed by atoms with van der Waals surface area (Å²) in [4.78, 5) is 27.5. The molecule has 3 aromatic rings. The lowest BCUT2D eigenvalue weighted by Crippen LogP contribution is -2.22. The Morgan fingerprint density at radius 2 is 1.69 bits per heavy atom. The zero-order valence-electron chi connectivity index (χ0n) is 14.0. The number of hydrogen-bond donors (Lipinski definition) is 2. The largest absolute Gasteiger partial charge is 0.416 e. The molecule has 0 atom stereocenters. The van der Waals surface area contributed by atoms with E-state index in [1.807, 2.05) is 19.9 Å². The van der Waals surface area contributed by atoms with Gasteiger partial charge in [-0.15, -0.1) is 0 Å². The van der Waals surface area contributed by atoms with E-state index in [1.165, 1.54) is 0 Å². The molecule has 4 nitrogen and oxygen atoms in total. The predicted molar refractivity (Wildman–Crippen MR) is 93.4 cm³/mol. The lowest BCUT2D eigenvalue weighted by Gasteiger charge is -2.10. The van der Waals surface area contributed by atoms with Gasteiger partial charge in [-0.3, -0.25) is 9.59 Å². The zero-order valence-corrected chi connectivity index (χ0v) is 14.0. The van der Waals surface area contributed by atoms with E-state index in [0.29, 0.717) is 5.69 Å². The quantitative estimate of drug-likeness (QED) is 0.711. The molecule has 0 aliphatic heterocycles. The first kappa shape index (κ1) is 17.7. The number of carbonyl (C=O) groups excluding carboxylic acids is 1. The van der Waals surface area contributed by atoms with E-state index in [9.17, 15) is 22.8 Å². The van der Waals surface area contributed by atoms with Gasteiger partial charge in [-0.1, -0.05) is 6.07 Å². The third kappa shape index (κ3) is 3.46. The summed E-state index contributed by atoms with van der Waals surface area (Å²) in [5.74, 6) is -0.627. The van der Waals surface area contributed by atoms with Gasteiger partial charge in [-0.2, -0.15) is 13.2 Å². The van der Waals surface area contributed by atoms with Gasteiger partial charge in [0.2, 0.25) is 5.43 Å². The minimum Gasteiger partial charge on any atom is -0.360 e. The van der Waals surface area contributed by atoms with Gasteiger partial charge in [0, 0.05) is 22.8 Å². The fourth-order valence-electron chi connectivity index (χ4n) is 2.81. The van der Waals surface area contributed by atoms with Gasteiger partial charge in [-0.05, 0) is 55.3 Å². The number of benzene rings is 2. The van der Waals surface area contributed by atoms with Crippen molar-refractivity contribution in [3.63, 3.8) is 0 Å². The maximum absolute atomic E-state index is 12.8. The van der Waals surface area contributed by atoms with Gasteiger partial charge in [-0.25, -0.2) is 0 Å². The molecule has 0 fully saturated rings. The zero-order chi connectivity index (χ0) is 19.1. The molecule has 0 saturated carbocycles. The fourth-order valence-corrected chi connectivity index (χ4v) is 2.81. The van der Waals surface area contributed by atoms with Gasteiger partial charge in [0.05, 0.1) is 5.56 Å². The van der Waals surface area contributed by atoms with Gasteiger partial charge in [0.1, 0.15) is 5.56 Å². The molecule has 0 saturated heterocycles. The molecule has 1 heterocycles. The van der Waals surface area contributed by atoms with Crippen molar-refractivity contribution in [2.24, 2.45) is 0 Å². The van der Waals surface area contributed by atoms with E-state index in [1.54, 1.807) is 12.1 Å². The first-order valence-corrected chi connectivity index (χ1v) is 7.77. The molecule has 2 aromatic carbocycles. The van der Waals surface area contributed by atoms with Crippen LogP contribution in [0.25, 0.3) is 10.9 Å². The molecular formula is C19H15F3N2O2. The molecule has 0 bridgehead atoms. The Morgan fingerprint density at radius 3 is 2.31 bits per heavy atom. The summed E-state index contributed by atoms with van der Waals surface area (Å²) in [6, 6.07) is 8.21. The van der Waals surface area contributed by atoms with Crippen LogP contribution in [0.5, 0.6) is 0 Å². The molecule has 0 spiro atoms. The second-order valence-corrected chi connectivity index (χ2v) is 6.12. The van der Waals surface area contributed by atoms with Crippen molar-refractivity contribution in [1.29, 1.82) is 0 Å². The SMILES string of the molecule is Cc1cc(C)cc(NC(=O)c2c[nH]c3cc(C(F)(F)F)ccc3c2=O)c1. The molecule has 0 aliphatic rings. The van der Waals surface area contributed by atoms with Crippen molar-refractivity contribution in [2.45, 2.75) is 20.0 Å². The van der Waals surface area contributed by atoms with E-state index in [-0.39, 0.29) is 16.5 Å². The van der Waals surface area contributed by atoms with Crippen LogP contribution < -0.4 is 10.7 Å². The molecule has 26 heavy (non-hydrogen) atoms. The second-order valence-electron chi connectivity index (χ2n) is 6.12. The van der Waals surface area contributed by atoms with Crippen LogP contribution in [0.3, 0.4) is 0 Å². The van der Waals surface area contributed by atoms with Crippen LogP contribution in [0.4, 0.5) is 18.9 Å². The lowest BCUT2D eigenvalue weighted by atomic mass is 10.1. The van der Waals surface area contributed by atoms with E-state index in [0.717, 1.165) is 35.5 Å². The fraction of sp³-hybridized carbons (Fsp3) is 0.158. The van der Waals surface area contributed by atoms with Crippen LogP contribution in [0.1, 0.15) is 27.0 Å². The van der Waals surface area contributed by atoms with Crippen LogP contribution in [0.2, 0.25) is 0 Å². The summed E-state index contributed by atoms with van der Waals surface area (Å²) in [6.45, 7) is 3.76. The molecular weight excluding hydrogens is 345 g/mol. The van der Waals surface area contributed by atoms with E-state index in [2.05, 4.69) is 10.3 Å². The molecule has 0 aliphatic carbocycles. The van der Waals surface area contributed by atoms with Crippen molar-refractivity contribution in [2.75, 3.05) is 5.32 Å². The van der Waals surface area contributed by atoms with E-state index >= 15 is 0 Å². The topological polar surface area (TPSA) is 62.0 Å². The van der Waals surface area contributed by atoms with Crippen LogP contribution >= 0.6 is 0 Å². The number of pyridine rings is 1. The number of rotatable bonds is 2. The molecule has 2 N–H and O–H groups in total. The number of anilines is 1. The second kappa shape index (κ2) is 6.33. The maximum Gasteiger partial charge on any atom is 0.416 e. The summed E-state index contributed by atoms with van der Waals surface area (Å²) < 4.78 is 38.3. The number of amides is 1. The number of halogens is 3. The Kier molecular flexibility index (Phi) is 4.31. The third-order valence-electron chi connectivity index (χ3n) is 3.93. The minimum atomic E-state index is -4.51. The summed E-state index contributed by atoms with van der Waals surface area (Å²) in [7, 11) is 0. The lowest BCUT2D eigenvalue weighted by molar-refractivity contribution is -0.137. The number of hydrogen-bond acceptors (Lipinski definition) is 2. The number of alkyl halides is 3. The monoisotopic (exact) mass is 360 g/mol. The number of aromatic amines is 1. The van der Waals surface area contributed by atoms with Crippen molar-refractivity contribution in [3.05, 3.63) is 75.1 Å². The Bertz CT molecular complexity index is 1050. The summed E-state index contributed by atoms with van der Waals surface area (Å²) in [5, 5.41) is 2.66. The van der Waals surface area contributed by atoms with E-state index < -0.39 is 23.1 Å². The maximum atomic E-state index is 12.8. The Balaban J connectivity index is 1.99. The molecule has 1 aromatic heterocycles. The van der Waals surface area contributed by atoms with Gasteiger partial charge in [0.15, 0.2) is 0 Å². The van der Waals surface area contributed by atoms with Crippen LogP contribution in [0.15, 0.2) is 47.4 Å². The molecule has 0 unspecified atom stereocenters. The first-order valence-electron chi connectivity index (χ1n) is 7.77. The standard InChI is InChI=1S/C19H15F3N2O2/c1-10-5-11(2)7-13(6-10)24-18(26)15-9-23-16-8-12(19(20,21)22)3-4-14(16)17(15)25/h3-9H,1-2H3,(H,23,25)(H,24,26). The number of aromatic nitrogens is 1. The van der Waals surface area contributed by atoms with Gasteiger partial charge < -0.3 is 10.3 Å². The number of fused-ring (bicyclic) bond motifs is 1. The van der Waals surface area contributed by atoms with Crippen LogP contribution in [-0.2, 0) is 6.18 Å². The highest BCUT2D eigenvalue weighted by Crippen LogP contribution is 2.30. The third-order valence-corrected chi connectivity index (χ3v) is 3.93. The number of nitrogens with one attached hydrogen (secondary N) is 2. The van der Waals surface area contributed by atoms with Crippen molar-refractivity contribution >= 4 is 22.5 Å². The van der Waals surface area contributed by atoms with Gasteiger partial charge in [0.25, 0.3) is 5.91 Å². The Hall–Kier alpha value is -3.09. The van der Waals surface area contributed by atoms with Gasteiger partial charge >= 0.3 is 6.18 Å². The Labute approximate surface area is 146 Å². The summed E-state index contributed by atoms with van der Waals surface area (Å²) in [5.41, 5.74) is 0.797. The summed E-state index contributed by atoms with van der Waals surface area (Å²) >= 11 is 0. The van der Waals surface area contributed by atoms with E-state index in [4.69, 9.17) is 0 Å². The summed E-state index contributed by atoms with van der Waals surface area (Å²) in [6.07, 6.45) is -3.38.